The molecule has 1 saturated heterocycles. The van der Waals surface area contributed by atoms with Crippen LogP contribution in [0.25, 0.3) is 0 Å². The van der Waals surface area contributed by atoms with Crippen molar-refractivity contribution in [2.24, 2.45) is 40.3 Å². The molecule has 2 amide bonds. The normalized spacial score (nSPS) is 33.4. The van der Waals surface area contributed by atoms with E-state index in [9.17, 15) is 9.59 Å². The number of halogens is 1. The fourth-order valence-electron chi connectivity index (χ4n) is 4.60. The van der Waals surface area contributed by atoms with Crippen LogP contribution in [0.1, 0.15) is 32.1 Å². The zero-order valence-electron chi connectivity index (χ0n) is 14.4. The lowest BCUT2D eigenvalue weighted by Crippen LogP contribution is -2.37. The van der Waals surface area contributed by atoms with Gasteiger partial charge < -0.3 is 11.1 Å². The first-order valence-corrected chi connectivity index (χ1v) is 9.22. The van der Waals surface area contributed by atoms with Gasteiger partial charge in [0, 0.05) is 19.6 Å². The molecule has 7 heteroatoms. The molecule has 2 saturated carbocycles. The summed E-state index contributed by atoms with van der Waals surface area (Å²) in [5, 5.41) is 3.09. The number of amides is 2. The van der Waals surface area contributed by atoms with E-state index in [0.29, 0.717) is 31.4 Å². The summed E-state index contributed by atoms with van der Waals surface area (Å²) in [6, 6.07) is 0. The Balaban J connectivity index is 0.00000182. The number of nitrogens with one attached hydrogen (secondary N) is 1. The van der Waals surface area contributed by atoms with E-state index in [1.165, 1.54) is 24.2 Å². The van der Waals surface area contributed by atoms with Crippen LogP contribution in [-0.2, 0) is 9.59 Å². The molecule has 0 aromatic rings. The molecule has 4 aliphatic rings. The van der Waals surface area contributed by atoms with E-state index in [1.807, 2.05) is 0 Å². The Morgan fingerprint density at radius 2 is 1.84 bits per heavy atom. The van der Waals surface area contributed by atoms with E-state index in [4.69, 9.17) is 5.73 Å². The monoisotopic (exact) mass is 458 g/mol. The highest BCUT2D eigenvalue weighted by molar-refractivity contribution is 14.0. The largest absolute Gasteiger partial charge is 0.370 e. The zero-order valence-corrected chi connectivity index (χ0v) is 16.7. The van der Waals surface area contributed by atoms with Crippen LogP contribution in [0.4, 0.5) is 0 Å². The summed E-state index contributed by atoms with van der Waals surface area (Å²) < 4.78 is 0. The number of hydrogen-bond acceptors (Lipinski definition) is 3. The molecule has 3 fully saturated rings. The highest BCUT2D eigenvalue weighted by Gasteiger charge is 2.58. The Bertz CT molecular complexity index is 572. The van der Waals surface area contributed by atoms with E-state index in [2.05, 4.69) is 22.5 Å². The molecule has 6 nitrogen and oxygen atoms in total. The molecule has 4 atom stereocenters. The van der Waals surface area contributed by atoms with Crippen molar-refractivity contribution < 1.29 is 9.59 Å². The van der Waals surface area contributed by atoms with Crippen molar-refractivity contribution in [3.63, 3.8) is 0 Å². The molecule has 0 aromatic carbocycles. The standard InChI is InChI=1S/C18H26N4O2.HI/c19-18(21-10-11-3-1-4-11)20-7-2-8-22-16(23)14-12-5-6-13(9-12)15(14)17(22)24;/h5-6,11-15H,1-4,7-10H2,(H3,19,20,21);1H. The summed E-state index contributed by atoms with van der Waals surface area (Å²) in [4.78, 5) is 30.9. The van der Waals surface area contributed by atoms with Crippen molar-refractivity contribution in [2.45, 2.75) is 32.1 Å². The summed E-state index contributed by atoms with van der Waals surface area (Å²) >= 11 is 0. The third-order valence-electron chi connectivity index (χ3n) is 6.17. The van der Waals surface area contributed by atoms with Gasteiger partial charge in [-0.1, -0.05) is 18.6 Å². The number of nitrogens with two attached hydrogens (primary N) is 1. The first-order chi connectivity index (χ1) is 11.6. The number of likely N-dealkylation sites (tertiary alicyclic amines) is 1. The number of fused-ring (bicyclic) bond motifs is 5. The summed E-state index contributed by atoms with van der Waals surface area (Å²) in [5.41, 5.74) is 5.85. The van der Waals surface area contributed by atoms with Gasteiger partial charge in [0.25, 0.3) is 0 Å². The average molecular weight is 458 g/mol. The fourth-order valence-corrected chi connectivity index (χ4v) is 4.60. The molecule has 0 radical (unpaired) electrons. The quantitative estimate of drug-likeness (QED) is 0.158. The third kappa shape index (κ3) is 3.44. The maximum atomic E-state index is 12.5. The number of carbonyl (C=O) groups is 2. The van der Waals surface area contributed by atoms with Crippen LogP contribution in [0.5, 0.6) is 0 Å². The molecule has 138 valence electrons. The number of aliphatic imine (C=N–C) groups is 1. The van der Waals surface area contributed by atoms with Crippen molar-refractivity contribution in [3.8, 4) is 0 Å². The SMILES string of the molecule is I.NC(=NCC1CCC1)NCCCN1C(=O)C2C3C=CC(C3)C2C1=O. The molecule has 1 aliphatic heterocycles. The lowest BCUT2D eigenvalue weighted by molar-refractivity contribution is -0.140. The fraction of sp³-hybridized carbons (Fsp3) is 0.722. The maximum absolute atomic E-state index is 12.5. The van der Waals surface area contributed by atoms with Crippen LogP contribution in [0.15, 0.2) is 17.1 Å². The lowest BCUT2D eigenvalue weighted by atomic mass is 9.85. The predicted molar refractivity (Wildman–Crippen MR) is 106 cm³/mol. The van der Waals surface area contributed by atoms with Gasteiger partial charge in [0.1, 0.15) is 0 Å². The molecule has 2 bridgehead atoms. The number of rotatable bonds is 6. The van der Waals surface area contributed by atoms with Crippen molar-refractivity contribution in [1.82, 2.24) is 10.2 Å². The number of imide groups is 1. The van der Waals surface area contributed by atoms with Crippen LogP contribution in [0.3, 0.4) is 0 Å². The van der Waals surface area contributed by atoms with E-state index < -0.39 is 0 Å². The van der Waals surface area contributed by atoms with Gasteiger partial charge in [-0.15, -0.1) is 24.0 Å². The maximum Gasteiger partial charge on any atom is 0.233 e. The number of nitrogens with zero attached hydrogens (tertiary/aromatic N) is 2. The minimum Gasteiger partial charge on any atom is -0.370 e. The smallest absolute Gasteiger partial charge is 0.233 e. The van der Waals surface area contributed by atoms with Crippen molar-refractivity contribution in [1.29, 1.82) is 0 Å². The second kappa shape index (κ2) is 7.63. The van der Waals surface area contributed by atoms with Crippen LogP contribution in [0.2, 0.25) is 0 Å². The second-order valence-electron chi connectivity index (χ2n) is 7.63. The summed E-state index contributed by atoms with van der Waals surface area (Å²) in [6.07, 6.45) is 9.77. The minimum absolute atomic E-state index is 0. The van der Waals surface area contributed by atoms with E-state index >= 15 is 0 Å². The predicted octanol–water partition coefficient (Wildman–Crippen LogP) is 1.51. The molecule has 3 N–H and O–H groups in total. The molecule has 0 spiro atoms. The molecule has 1 heterocycles. The second-order valence-corrected chi connectivity index (χ2v) is 7.63. The Hall–Kier alpha value is -1.12. The first kappa shape index (κ1) is 18.7. The summed E-state index contributed by atoms with van der Waals surface area (Å²) in [6.45, 7) is 1.92. The van der Waals surface area contributed by atoms with Crippen LogP contribution in [-0.4, -0.2) is 42.3 Å². The Morgan fingerprint density at radius 1 is 1.20 bits per heavy atom. The van der Waals surface area contributed by atoms with Crippen molar-refractivity contribution >= 4 is 41.8 Å². The number of hydrogen-bond donors (Lipinski definition) is 2. The lowest BCUT2D eigenvalue weighted by Gasteiger charge is -2.23. The van der Waals surface area contributed by atoms with Gasteiger partial charge in [-0.2, -0.15) is 0 Å². The van der Waals surface area contributed by atoms with Gasteiger partial charge in [0.05, 0.1) is 11.8 Å². The summed E-state index contributed by atoms with van der Waals surface area (Å²) in [7, 11) is 0. The first-order valence-electron chi connectivity index (χ1n) is 9.22. The minimum atomic E-state index is -0.0884. The van der Waals surface area contributed by atoms with Gasteiger partial charge in [0.2, 0.25) is 11.8 Å². The molecule has 4 rings (SSSR count). The van der Waals surface area contributed by atoms with Crippen LogP contribution >= 0.6 is 24.0 Å². The Morgan fingerprint density at radius 3 is 2.40 bits per heavy atom. The van der Waals surface area contributed by atoms with E-state index in [-0.39, 0.29) is 59.5 Å². The molecule has 25 heavy (non-hydrogen) atoms. The van der Waals surface area contributed by atoms with Gasteiger partial charge in [-0.05, 0) is 43.4 Å². The zero-order chi connectivity index (χ0) is 16.7. The highest BCUT2D eigenvalue weighted by atomic mass is 127. The van der Waals surface area contributed by atoms with Crippen molar-refractivity contribution in [2.75, 3.05) is 19.6 Å². The van der Waals surface area contributed by atoms with Gasteiger partial charge in [0.15, 0.2) is 5.96 Å². The van der Waals surface area contributed by atoms with Crippen LogP contribution < -0.4 is 11.1 Å². The molecule has 4 unspecified atom stereocenters. The van der Waals surface area contributed by atoms with E-state index in [0.717, 1.165) is 13.0 Å². The number of carbonyl (C=O) groups excluding carboxylic acids is 2. The van der Waals surface area contributed by atoms with Gasteiger partial charge in [-0.25, -0.2) is 0 Å². The van der Waals surface area contributed by atoms with Crippen LogP contribution in [0, 0.1) is 29.6 Å². The number of allylic oxidation sites excluding steroid dienone is 2. The third-order valence-corrected chi connectivity index (χ3v) is 6.17. The summed E-state index contributed by atoms with van der Waals surface area (Å²) in [5.74, 6) is 1.64. The highest BCUT2D eigenvalue weighted by Crippen LogP contribution is 2.52. The topological polar surface area (TPSA) is 87.8 Å². The van der Waals surface area contributed by atoms with Gasteiger partial charge >= 0.3 is 0 Å². The van der Waals surface area contributed by atoms with E-state index in [1.54, 1.807) is 0 Å². The molecular formula is C18H27IN4O2. The molecule has 0 aromatic heterocycles. The number of guanidine groups is 1. The molecule has 3 aliphatic carbocycles. The Labute approximate surface area is 165 Å². The van der Waals surface area contributed by atoms with Crippen molar-refractivity contribution in [3.05, 3.63) is 12.2 Å². The van der Waals surface area contributed by atoms with Gasteiger partial charge in [-0.3, -0.25) is 19.5 Å². The average Bonchev–Trinajstić information content (AvgIpc) is 3.18. The Kier molecular flexibility index (Phi) is 5.70. The molecular weight excluding hydrogens is 431 g/mol.